The minimum absolute atomic E-state index is 0.113. The fourth-order valence-corrected chi connectivity index (χ4v) is 5.46. The van der Waals surface area contributed by atoms with E-state index in [9.17, 15) is 32.3 Å². The molecule has 4 unspecified atom stereocenters. The Labute approximate surface area is 199 Å². The van der Waals surface area contributed by atoms with Gasteiger partial charge in [0.2, 0.25) is 11.8 Å². The van der Waals surface area contributed by atoms with Gasteiger partial charge in [0, 0.05) is 32.3 Å². The lowest BCUT2D eigenvalue weighted by Crippen LogP contribution is -2.54. The standard InChI is InChI=1S/C22H28F3N5O5/c1-29-8-6-15(28-29)21(34)30-10-13-3-2-4-14(13)18(30)20(33)27-16(9-12-5-7-26-19(12)32)17(31)11-35-22(23,24)25/h6,8,12-14,16,18H,2-5,7,9-11H2,1H3,(H,26,32)(H,27,33)/t12?,13?,14?,16?,18-/m0/s1. The van der Waals surface area contributed by atoms with Gasteiger partial charge in [0.05, 0.1) is 6.04 Å². The number of ether oxygens (including phenoxy) is 1. The Hall–Kier alpha value is -2.96. The lowest BCUT2D eigenvalue weighted by molar-refractivity contribution is -0.321. The first-order valence-corrected chi connectivity index (χ1v) is 11.7. The van der Waals surface area contributed by atoms with Crippen molar-refractivity contribution in [1.29, 1.82) is 0 Å². The van der Waals surface area contributed by atoms with Crippen molar-refractivity contribution < 1.29 is 37.1 Å². The second-order valence-electron chi connectivity index (χ2n) is 9.41. The molecule has 0 bridgehead atoms. The number of alkyl halides is 3. The van der Waals surface area contributed by atoms with Crippen molar-refractivity contribution in [2.45, 2.75) is 50.6 Å². The quantitative estimate of drug-likeness (QED) is 0.545. The van der Waals surface area contributed by atoms with Gasteiger partial charge >= 0.3 is 6.36 Å². The van der Waals surface area contributed by atoms with Gasteiger partial charge in [-0.05, 0) is 43.6 Å². The first-order chi connectivity index (χ1) is 16.5. The average Bonchev–Trinajstić information content (AvgIpc) is 3.56. The molecule has 0 spiro atoms. The van der Waals surface area contributed by atoms with E-state index >= 15 is 0 Å². The van der Waals surface area contributed by atoms with Crippen molar-refractivity contribution in [3.63, 3.8) is 0 Å². The van der Waals surface area contributed by atoms with Crippen molar-refractivity contribution in [2.75, 3.05) is 19.7 Å². The van der Waals surface area contributed by atoms with Crippen LogP contribution in [-0.4, -0.2) is 76.3 Å². The molecule has 1 aromatic rings. The highest BCUT2D eigenvalue weighted by atomic mass is 19.4. The van der Waals surface area contributed by atoms with Crippen molar-refractivity contribution in [3.05, 3.63) is 18.0 Å². The molecule has 1 saturated carbocycles. The average molecular weight is 499 g/mol. The van der Waals surface area contributed by atoms with E-state index in [0.717, 1.165) is 19.3 Å². The first kappa shape index (κ1) is 25.1. The number of amides is 3. The second kappa shape index (κ2) is 9.96. The number of carbonyl (C=O) groups excluding carboxylic acids is 4. The van der Waals surface area contributed by atoms with Gasteiger partial charge in [-0.1, -0.05) is 6.42 Å². The molecule has 10 nitrogen and oxygen atoms in total. The number of carbonyl (C=O) groups is 4. The molecule has 2 saturated heterocycles. The van der Waals surface area contributed by atoms with Crippen LogP contribution >= 0.6 is 0 Å². The smallest absolute Gasteiger partial charge is 0.356 e. The third-order valence-electron chi connectivity index (χ3n) is 7.12. The molecule has 1 aliphatic carbocycles. The first-order valence-electron chi connectivity index (χ1n) is 11.7. The molecule has 0 aromatic carbocycles. The van der Waals surface area contributed by atoms with Crippen LogP contribution in [0.25, 0.3) is 0 Å². The maximum absolute atomic E-state index is 13.5. The highest BCUT2D eigenvalue weighted by Crippen LogP contribution is 2.42. The second-order valence-corrected chi connectivity index (χ2v) is 9.41. The number of hydrogen-bond acceptors (Lipinski definition) is 6. The predicted octanol–water partition coefficient (Wildman–Crippen LogP) is 0.777. The fourth-order valence-electron chi connectivity index (χ4n) is 5.46. The number of halogens is 3. The van der Waals surface area contributed by atoms with Gasteiger partial charge < -0.3 is 15.5 Å². The molecule has 2 N–H and O–H groups in total. The third kappa shape index (κ3) is 5.65. The number of hydrogen-bond donors (Lipinski definition) is 2. The zero-order valence-electron chi connectivity index (χ0n) is 19.2. The van der Waals surface area contributed by atoms with Crippen LogP contribution in [0.4, 0.5) is 13.2 Å². The van der Waals surface area contributed by atoms with Gasteiger partial charge in [-0.2, -0.15) is 5.10 Å². The summed E-state index contributed by atoms with van der Waals surface area (Å²) >= 11 is 0. The molecule has 5 atom stereocenters. The van der Waals surface area contributed by atoms with Gasteiger partial charge in [-0.15, -0.1) is 13.2 Å². The summed E-state index contributed by atoms with van der Waals surface area (Å²) in [6.45, 7) is -0.536. The minimum Gasteiger partial charge on any atom is -0.356 e. The zero-order chi connectivity index (χ0) is 25.3. The Balaban J connectivity index is 1.53. The molecule has 3 aliphatic rings. The van der Waals surface area contributed by atoms with E-state index in [1.54, 1.807) is 19.3 Å². The fraction of sp³-hybridized carbons (Fsp3) is 0.682. The predicted molar refractivity (Wildman–Crippen MR) is 114 cm³/mol. The summed E-state index contributed by atoms with van der Waals surface area (Å²) in [4.78, 5) is 52.7. The van der Waals surface area contributed by atoms with Crippen LogP contribution in [0.1, 0.15) is 42.6 Å². The lowest BCUT2D eigenvalue weighted by Gasteiger charge is -2.29. The van der Waals surface area contributed by atoms with E-state index in [2.05, 4.69) is 20.5 Å². The van der Waals surface area contributed by atoms with E-state index in [1.165, 1.54) is 9.58 Å². The van der Waals surface area contributed by atoms with Crippen molar-refractivity contribution in [2.24, 2.45) is 24.8 Å². The highest BCUT2D eigenvalue weighted by molar-refractivity contribution is 5.98. The summed E-state index contributed by atoms with van der Waals surface area (Å²) in [5.74, 6) is -2.98. The van der Waals surface area contributed by atoms with Crippen LogP contribution in [0.3, 0.4) is 0 Å². The van der Waals surface area contributed by atoms with Crippen molar-refractivity contribution in [3.8, 4) is 0 Å². The molecule has 0 radical (unpaired) electrons. The van der Waals surface area contributed by atoms with Crippen LogP contribution in [0.2, 0.25) is 0 Å². The van der Waals surface area contributed by atoms with E-state index < -0.39 is 48.6 Å². The maximum atomic E-state index is 13.5. The van der Waals surface area contributed by atoms with Gasteiger partial charge in [0.15, 0.2) is 5.78 Å². The van der Waals surface area contributed by atoms with Crippen molar-refractivity contribution in [1.82, 2.24) is 25.3 Å². The Morgan fingerprint density at radius 2 is 2.06 bits per heavy atom. The topological polar surface area (TPSA) is 123 Å². The van der Waals surface area contributed by atoms with Gasteiger partial charge in [-0.25, -0.2) is 0 Å². The Kier molecular flexibility index (Phi) is 7.15. The summed E-state index contributed by atoms with van der Waals surface area (Å²) < 4.78 is 42.7. The molecule has 35 heavy (non-hydrogen) atoms. The van der Waals surface area contributed by atoms with Gasteiger partial charge in [-0.3, -0.25) is 28.6 Å². The summed E-state index contributed by atoms with van der Waals surface area (Å²) in [6.07, 6.45) is -0.678. The number of nitrogens with zero attached hydrogens (tertiary/aromatic N) is 3. The largest absolute Gasteiger partial charge is 0.522 e. The number of ketones is 1. The number of rotatable bonds is 8. The molecule has 2 aliphatic heterocycles. The SMILES string of the molecule is Cn1ccc(C(=O)N2CC3CCCC3[C@H]2C(=O)NC(CC2CCNC2=O)C(=O)COC(F)(F)F)n1. The van der Waals surface area contributed by atoms with E-state index in [0.29, 0.717) is 19.5 Å². The summed E-state index contributed by atoms with van der Waals surface area (Å²) in [5.41, 5.74) is 0.180. The molecule has 192 valence electrons. The number of fused-ring (bicyclic) bond motifs is 1. The normalized spacial score (nSPS) is 27.0. The van der Waals surface area contributed by atoms with E-state index in [4.69, 9.17) is 0 Å². The Morgan fingerprint density at radius 3 is 2.69 bits per heavy atom. The number of aromatic nitrogens is 2. The number of likely N-dealkylation sites (tertiary alicyclic amines) is 1. The monoisotopic (exact) mass is 499 g/mol. The number of aryl methyl sites for hydroxylation is 1. The molecular weight excluding hydrogens is 471 g/mol. The van der Waals surface area contributed by atoms with E-state index in [-0.39, 0.29) is 29.9 Å². The molecule has 3 amide bonds. The summed E-state index contributed by atoms with van der Waals surface area (Å²) in [6, 6.07) is -0.690. The van der Waals surface area contributed by atoms with Crippen LogP contribution in [0.15, 0.2) is 12.3 Å². The summed E-state index contributed by atoms with van der Waals surface area (Å²) in [7, 11) is 1.66. The van der Waals surface area contributed by atoms with Crippen LogP contribution in [0.5, 0.6) is 0 Å². The minimum atomic E-state index is -5.01. The molecule has 4 rings (SSSR count). The van der Waals surface area contributed by atoms with Gasteiger partial charge in [0.25, 0.3) is 5.91 Å². The van der Waals surface area contributed by atoms with Gasteiger partial charge in [0.1, 0.15) is 18.3 Å². The zero-order valence-corrected chi connectivity index (χ0v) is 19.2. The molecule has 3 fully saturated rings. The van der Waals surface area contributed by atoms with Crippen molar-refractivity contribution >= 4 is 23.5 Å². The molecule has 13 heteroatoms. The highest BCUT2D eigenvalue weighted by Gasteiger charge is 2.50. The maximum Gasteiger partial charge on any atom is 0.522 e. The number of Topliss-reactive ketones (excluding diaryl/α,β-unsaturated/α-hetero) is 1. The molecule has 1 aromatic heterocycles. The number of nitrogens with one attached hydrogen (secondary N) is 2. The van der Waals surface area contributed by atoms with Crippen LogP contribution < -0.4 is 10.6 Å². The molecule has 3 heterocycles. The Bertz CT molecular complexity index is 996. The summed E-state index contributed by atoms with van der Waals surface area (Å²) in [5, 5.41) is 9.30. The van der Waals surface area contributed by atoms with Crippen LogP contribution in [0, 0.1) is 17.8 Å². The molecular formula is C22H28F3N5O5. The Morgan fingerprint density at radius 1 is 1.29 bits per heavy atom. The lowest BCUT2D eigenvalue weighted by atomic mass is 9.92. The third-order valence-corrected chi connectivity index (χ3v) is 7.12. The van der Waals surface area contributed by atoms with Crippen LogP contribution in [-0.2, 0) is 26.2 Å². The van der Waals surface area contributed by atoms with E-state index in [1.807, 2.05) is 0 Å².